The van der Waals surface area contributed by atoms with Gasteiger partial charge < -0.3 is 15.3 Å². The number of carbonyl (C=O) groups excluding carboxylic acids is 1. The summed E-state index contributed by atoms with van der Waals surface area (Å²) in [6.45, 7) is 1.72. The smallest absolute Gasteiger partial charge is 0.337 e. The Morgan fingerprint density at radius 3 is 2.61 bits per heavy atom. The second-order valence-electron chi connectivity index (χ2n) is 4.50. The molecule has 18 heavy (non-hydrogen) atoms. The predicted molar refractivity (Wildman–Crippen MR) is 67.8 cm³/mol. The van der Waals surface area contributed by atoms with E-state index in [0.717, 1.165) is 13.1 Å². The molecule has 2 N–H and O–H groups in total. The number of carboxylic acid groups (broad SMARTS) is 1. The molecule has 1 saturated heterocycles. The summed E-state index contributed by atoms with van der Waals surface area (Å²) in [6.07, 6.45) is 0.456. The van der Waals surface area contributed by atoms with Gasteiger partial charge in [0.15, 0.2) is 0 Å². The van der Waals surface area contributed by atoms with Crippen molar-refractivity contribution >= 4 is 17.6 Å². The molecule has 0 aromatic heterocycles. The molecule has 2 rings (SSSR count). The van der Waals surface area contributed by atoms with Gasteiger partial charge >= 0.3 is 5.97 Å². The van der Waals surface area contributed by atoms with Crippen molar-refractivity contribution in [1.82, 2.24) is 5.32 Å². The summed E-state index contributed by atoms with van der Waals surface area (Å²) in [6, 6.07) is 6.55. The van der Waals surface area contributed by atoms with Crippen molar-refractivity contribution in [2.24, 2.45) is 5.92 Å². The molecule has 1 aliphatic rings. The van der Waals surface area contributed by atoms with Gasteiger partial charge in [0.1, 0.15) is 0 Å². The fourth-order valence-corrected chi connectivity index (χ4v) is 1.96. The van der Waals surface area contributed by atoms with E-state index in [0.29, 0.717) is 18.0 Å². The number of benzene rings is 1. The summed E-state index contributed by atoms with van der Waals surface area (Å²) in [5.41, 5.74) is 0.599. The minimum atomic E-state index is -1.02. The number of nitrogens with one attached hydrogen (secondary N) is 1. The average Bonchev–Trinajstić information content (AvgIpc) is 2.32. The van der Waals surface area contributed by atoms with Gasteiger partial charge in [0.25, 0.3) is 0 Å². The van der Waals surface area contributed by atoms with Crippen LogP contribution < -0.4 is 10.2 Å². The molecule has 1 fully saturated rings. The molecule has 5 heteroatoms. The number of nitrogens with zero attached hydrogens (tertiary/aromatic N) is 1. The van der Waals surface area contributed by atoms with E-state index in [1.54, 1.807) is 25.2 Å². The van der Waals surface area contributed by atoms with Gasteiger partial charge in [-0.1, -0.05) is 12.1 Å². The van der Waals surface area contributed by atoms with E-state index in [1.807, 2.05) is 0 Å². The number of anilines is 1. The van der Waals surface area contributed by atoms with Crippen molar-refractivity contribution in [2.75, 3.05) is 25.0 Å². The number of amides is 1. The SMILES string of the molecule is CN(C(=O)CC1CNC1)c1ccccc1C(=O)O. The van der Waals surface area contributed by atoms with Crippen molar-refractivity contribution in [2.45, 2.75) is 6.42 Å². The van der Waals surface area contributed by atoms with Gasteiger partial charge in [0, 0.05) is 13.5 Å². The highest BCUT2D eigenvalue weighted by Crippen LogP contribution is 2.21. The van der Waals surface area contributed by atoms with Crippen molar-refractivity contribution < 1.29 is 14.7 Å². The molecule has 96 valence electrons. The molecule has 0 bridgehead atoms. The van der Waals surface area contributed by atoms with E-state index in [4.69, 9.17) is 5.11 Å². The third kappa shape index (κ3) is 2.51. The molecule has 1 aromatic rings. The number of carboxylic acids is 1. The molecule has 1 heterocycles. The van der Waals surface area contributed by atoms with Gasteiger partial charge in [-0.3, -0.25) is 4.79 Å². The van der Waals surface area contributed by atoms with Crippen LogP contribution in [-0.2, 0) is 4.79 Å². The van der Waals surface area contributed by atoms with E-state index in [9.17, 15) is 9.59 Å². The van der Waals surface area contributed by atoms with Gasteiger partial charge in [0.05, 0.1) is 11.3 Å². The number of rotatable bonds is 4. The van der Waals surface area contributed by atoms with E-state index < -0.39 is 5.97 Å². The molecule has 0 saturated carbocycles. The highest BCUT2D eigenvalue weighted by Gasteiger charge is 2.24. The summed E-state index contributed by atoms with van der Waals surface area (Å²) in [5, 5.41) is 12.2. The zero-order chi connectivity index (χ0) is 13.1. The Morgan fingerprint density at radius 1 is 1.39 bits per heavy atom. The lowest BCUT2D eigenvalue weighted by Crippen LogP contribution is -2.45. The van der Waals surface area contributed by atoms with Gasteiger partial charge in [-0.05, 0) is 31.1 Å². The average molecular weight is 248 g/mol. The first kappa shape index (κ1) is 12.6. The summed E-state index contributed by atoms with van der Waals surface area (Å²) in [7, 11) is 1.62. The van der Waals surface area contributed by atoms with E-state index >= 15 is 0 Å². The standard InChI is InChI=1S/C13H16N2O3/c1-15(12(16)6-9-7-14-8-9)11-5-3-2-4-10(11)13(17)18/h2-5,9,14H,6-8H2,1H3,(H,17,18). The maximum Gasteiger partial charge on any atom is 0.337 e. The van der Waals surface area contributed by atoms with Crippen molar-refractivity contribution in [3.8, 4) is 0 Å². The lowest BCUT2D eigenvalue weighted by atomic mass is 9.98. The van der Waals surface area contributed by atoms with Crippen LogP contribution in [0.4, 0.5) is 5.69 Å². The highest BCUT2D eigenvalue weighted by molar-refractivity contribution is 6.01. The van der Waals surface area contributed by atoms with Crippen molar-refractivity contribution in [3.05, 3.63) is 29.8 Å². The Labute approximate surface area is 105 Å². The van der Waals surface area contributed by atoms with Crippen LogP contribution >= 0.6 is 0 Å². The minimum Gasteiger partial charge on any atom is -0.478 e. The first-order valence-corrected chi connectivity index (χ1v) is 5.89. The third-order valence-corrected chi connectivity index (χ3v) is 3.20. The summed E-state index contributed by atoms with van der Waals surface area (Å²) in [5.74, 6) is -0.692. The Balaban J connectivity index is 2.14. The van der Waals surface area contributed by atoms with Gasteiger partial charge in [0.2, 0.25) is 5.91 Å². The first-order valence-electron chi connectivity index (χ1n) is 5.89. The molecule has 0 radical (unpaired) electrons. The molecule has 0 unspecified atom stereocenters. The van der Waals surface area contributed by atoms with Crippen LogP contribution in [-0.4, -0.2) is 37.1 Å². The molecule has 1 aromatic carbocycles. The Bertz CT molecular complexity index is 469. The summed E-state index contributed by atoms with van der Waals surface area (Å²) < 4.78 is 0. The maximum atomic E-state index is 12.0. The molecule has 1 amide bonds. The van der Waals surface area contributed by atoms with Gasteiger partial charge in [-0.15, -0.1) is 0 Å². The van der Waals surface area contributed by atoms with Crippen LogP contribution in [0.1, 0.15) is 16.8 Å². The van der Waals surface area contributed by atoms with Gasteiger partial charge in [-0.2, -0.15) is 0 Å². The quantitative estimate of drug-likeness (QED) is 0.832. The third-order valence-electron chi connectivity index (χ3n) is 3.20. The zero-order valence-corrected chi connectivity index (χ0v) is 10.2. The molecular weight excluding hydrogens is 232 g/mol. The van der Waals surface area contributed by atoms with Crippen LogP contribution in [0.2, 0.25) is 0 Å². The van der Waals surface area contributed by atoms with Crippen molar-refractivity contribution in [1.29, 1.82) is 0 Å². The number of hydrogen-bond acceptors (Lipinski definition) is 3. The summed E-state index contributed by atoms with van der Waals surface area (Å²) in [4.78, 5) is 24.5. The zero-order valence-electron chi connectivity index (χ0n) is 10.2. The molecule has 0 atom stereocenters. The van der Waals surface area contributed by atoms with E-state index in [-0.39, 0.29) is 11.5 Å². The highest BCUT2D eigenvalue weighted by atomic mass is 16.4. The molecule has 0 spiro atoms. The van der Waals surface area contributed by atoms with Crippen LogP contribution in [0.5, 0.6) is 0 Å². The number of carbonyl (C=O) groups is 2. The topological polar surface area (TPSA) is 69.6 Å². The lowest BCUT2D eigenvalue weighted by Gasteiger charge is -2.28. The second-order valence-corrected chi connectivity index (χ2v) is 4.50. The van der Waals surface area contributed by atoms with Crippen LogP contribution in [0.3, 0.4) is 0 Å². The van der Waals surface area contributed by atoms with E-state index in [1.165, 1.54) is 11.0 Å². The number of para-hydroxylation sites is 1. The fraction of sp³-hybridized carbons (Fsp3) is 0.385. The Hall–Kier alpha value is -1.88. The summed E-state index contributed by atoms with van der Waals surface area (Å²) >= 11 is 0. The van der Waals surface area contributed by atoms with Crippen LogP contribution in [0.15, 0.2) is 24.3 Å². The number of aromatic carboxylic acids is 1. The number of hydrogen-bond donors (Lipinski definition) is 2. The molecule has 0 aliphatic carbocycles. The first-order chi connectivity index (χ1) is 8.59. The maximum absolute atomic E-state index is 12.0. The fourth-order valence-electron chi connectivity index (χ4n) is 1.96. The Morgan fingerprint density at radius 2 is 2.06 bits per heavy atom. The second kappa shape index (κ2) is 5.18. The monoisotopic (exact) mass is 248 g/mol. The normalized spacial score (nSPS) is 14.9. The largest absolute Gasteiger partial charge is 0.478 e. The lowest BCUT2D eigenvalue weighted by molar-refractivity contribution is -0.119. The van der Waals surface area contributed by atoms with Crippen LogP contribution in [0.25, 0.3) is 0 Å². The van der Waals surface area contributed by atoms with Crippen LogP contribution in [0, 0.1) is 5.92 Å². The predicted octanol–water partition coefficient (Wildman–Crippen LogP) is 0.957. The van der Waals surface area contributed by atoms with E-state index in [2.05, 4.69) is 5.32 Å². The Kier molecular flexibility index (Phi) is 3.62. The van der Waals surface area contributed by atoms with Crippen molar-refractivity contribution in [3.63, 3.8) is 0 Å². The molecule has 5 nitrogen and oxygen atoms in total. The molecular formula is C13H16N2O3. The molecule has 1 aliphatic heterocycles. The van der Waals surface area contributed by atoms with Gasteiger partial charge in [-0.25, -0.2) is 4.79 Å². The minimum absolute atomic E-state index is 0.0461.